The van der Waals surface area contributed by atoms with Gasteiger partial charge >= 0.3 is 0 Å². The van der Waals surface area contributed by atoms with Gasteiger partial charge < -0.3 is 0 Å². The maximum absolute atomic E-state index is 11.7. The maximum Gasteiger partial charge on any atom is 0.138 e. The van der Waals surface area contributed by atoms with E-state index in [0.717, 1.165) is 19.3 Å². The monoisotopic (exact) mass is 236 g/mol. The van der Waals surface area contributed by atoms with Gasteiger partial charge in [0.25, 0.3) is 0 Å². The zero-order valence-corrected chi connectivity index (χ0v) is 11.8. The highest BCUT2D eigenvalue weighted by Crippen LogP contribution is 2.19. The first-order valence-corrected chi connectivity index (χ1v) is 6.95. The van der Waals surface area contributed by atoms with Crippen LogP contribution in [0.1, 0.15) is 78.6 Å². The van der Waals surface area contributed by atoms with Gasteiger partial charge in [0, 0.05) is 18.3 Å². The Hall–Kier alpha value is -0.770. The van der Waals surface area contributed by atoms with Gasteiger partial charge in [0.15, 0.2) is 0 Å². The average molecular weight is 236 g/mol. The van der Waals surface area contributed by atoms with Crippen LogP contribution in [0, 0.1) is 17.8 Å². The fourth-order valence-corrected chi connectivity index (χ4v) is 1.77. The molecule has 0 N–H and O–H groups in total. The van der Waals surface area contributed by atoms with Crippen molar-refractivity contribution in [3.05, 3.63) is 0 Å². The van der Waals surface area contributed by atoms with E-state index in [0.29, 0.717) is 5.78 Å². The molecule has 0 spiro atoms. The van der Waals surface area contributed by atoms with Crippen LogP contribution in [0.4, 0.5) is 0 Å². The van der Waals surface area contributed by atoms with Crippen LogP contribution < -0.4 is 0 Å². The van der Waals surface area contributed by atoms with E-state index in [1.54, 1.807) is 0 Å². The predicted molar refractivity (Wildman–Crippen MR) is 74.8 cm³/mol. The Labute approximate surface area is 107 Å². The van der Waals surface area contributed by atoms with Gasteiger partial charge in [-0.15, -0.1) is 12.3 Å². The first-order valence-electron chi connectivity index (χ1n) is 6.95. The largest absolute Gasteiger partial charge is 0.299 e. The van der Waals surface area contributed by atoms with Crippen LogP contribution in [0.3, 0.4) is 0 Å². The molecule has 0 heterocycles. The molecule has 0 fully saturated rings. The van der Waals surface area contributed by atoms with Crippen molar-refractivity contribution in [1.29, 1.82) is 0 Å². The molecule has 0 bridgehead atoms. The molecule has 17 heavy (non-hydrogen) atoms. The lowest BCUT2D eigenvalue weighted by molar-refractivity contribution is -0.126. The van der Waals surface area contributed by atoms with Crippen LogP contribution in [-0.4, -0.2) is 5.78 Å². The van der Waals surface area contributed by atoms with Crippen LogP contribution >= 0.6 is 0 Å². The molecule has 0 atom stereocenters. The fourth-order valence-electron chi connectivity index (χ4n) is 1.77. The molecule has 0 aliphatic carbocycles. The molecule has 0 unspecified atom stereocenters. The second-order valence-electron chi connectivity index (χ2n) is 5.85. The molecule has 0 aliphatic heterocycles. The summed E-state index contributed by atoms with van der Waals surface area (Å²) in [6.45, 7) is 6.00. The van der Waals surface area contributed by atoms with E-state index >= 15 is 0 Å². The van der Waals surface area contributed by atoms with Crippen molar-refractivity contribution in [2.75, 3.05) is 0 Å². The Morgan fingerprint density at radius 2 is 1.41 bits per heavy atom. The summed E-state index contributed by atoms with van der Waals surface area (Å²) in [6, 6.07) is 0. The first kappa shape index (κ1) is 16.2. The smallest absolute Gasteiger partial charge is 0.138 e. The van der Waals surface area contributed by atoms with E-state index in [9.17, 15) is 4.79 Å². The number of ketones is 1. The van der Waals surface area contributed by atoms with E-state index in [1.807, 2.05) is 20.8 Å². The first-order chi connectivity index (χ1) is 7.98. The summed E-state index contributed by atoms with van der Waals surface area (Å²) in [5, 5.41) is 0. The summed E-state index contributed by atoms with van der Waals surface area (Å²) in [5.41, 5.74) is -0.158. The molecule has 1 nitrogen and oxygen atoms in total. The molecule has 0 saturated carbocycles. The van der Waals surface area contributed by atoms with Gasteiger partial charge in [0.1, 0.15) is 5.78 Å². The Morgan fingerprint density at radius 3 is 1.88 bits per heavy atom. The molecule has 0 saturated heterocycles. The average Bonchev–Trinajstić information content (AvgIpc) is 2.25. The molecule has 98 valence electrons. The summed E-state index contributed by atoms with van der Waals surface area (Å²) < 4.78 is 0. The normalized spacial score (nSPS) is 11.2. The number of rotatable bonds is 9. The third kappa shape index (κ3) is 10.1. The van der Waals surface area contributed by atoms with Crippen molar-refractivity contribution in [2.24, 2.45) is 5.41 Å². The minimum absolute atomic E-state index is 0.158. The lowest BCUT2D eigenvalue weighted by atomic mass is 9.88. The van der Waals surface area contributed by atoms with Crippen LogP contribution in [-0.2, 0) is 4.79 Å². The highest BCUT2D eigenvalue weighted by molar-refractivity contribution is 5.83. The van der Waals surface area contributed by atoms with Crippen molar-refractivity contribution >= 4 is 5.78 Å². The molecule has 0 aromatic heterocycles. The number of terminal acetylenes is 1. The number of unbranched alkanes of at least 4 members (excludes halogenated alkanes) is 7. The van der Waals surface area contributed by atoms with E-state index in [1.165, 1.54) is 38.5 Å². The Morgan fingerprint density at radius 1 is 0.941 bits per heavy atom. The van der Waals surface area contributed by atoms with E-state index in [4.69, 9.17) is 6.42 Å². The third-order valence-electron chi connectivity index (χ3n) is 3.06. The minimum atomic E-state index is -0.158. The van der Waals surface area contributed by atoms with E-state index in [2.05, 4.69) is 5.92 Å². The molecular formula is C16H28O. The topological polar surface area (TPSA) is 17.1 Å². The maximum atomic E-state index is 11.7. The van der Waals surface area contributed by atoms with Crippen molar-refractivity contribution in [3.8, 4) is 12.3 Å². The highest BCUT2D eigenvalue weighted by Gasteiger charge is 2.19. The lowest BCUT2D eigenvalue weighted by Crippen LogP contribution is -2.19. The van der Waals surface area contributed by atoms with Gasteiger partial charge in [-0.25, -0.2) is 0 Å². The Balaban J connectivity index is 3.25. The summed E-state index contributed by atoms with van der Waals surface area (Å²) in [7, 11) is 0. The second-order valence-corrected chi connectivity index (χ2v) is 5.85. The molecule has 0 aliphatic rings. The second kappa shape index (κ2) is 9.28. The number of carbonyl (C=O) groups excluding carboxylic acids is 1. The summed E-state index contributed by atoms with van der Waals surface area (Å²) >= 11 is 0. The molecule has 0 aromatic rings. The molecule has 1 heteroatoms. The van der Waals surface area contributed by atoms with Crippen LogP contribution in [0.5, 0.6) is 0 Å². The van der Waals surface area contributed by atoms with Gasteiger partial charge in [-0.05, 0) is 12.8 Å². The van der Waals surface area contributed by atoms with Gasteiger partial charge in [0.05, 0.1) is 0 Å². The third-order valence-corrected chi connectivity index (χ3v) is 3.06. The van der Waals surface area contributed by atoms with Crippen LogP contribution in [0.25, 0.3) is 0 Å². The molecular weight excluding hydrogens is 208 g/mol. The summed E-state index contributed by atoms with van der Waals surface area (Å²) in [6.07, 6.45) is 15.4. The SMILES string of the molecule is C#CCCCCCCCCCC(=O)C(C)(C)C. The zero-order chi connectivity index (χ0) is 13.1. The van der Waals surface area contributed by atoms with Crippen LogP contribution in [0.15, 0.2) is 0 Å². The molecule has 0 aromatic carbocycles. The van der Waals surface area contributed by atoms with E-state index < -0.39 is 0 Å². The van der Waals surface area contributed by atoms with Crippen molar-refractivity contribution in [1.82, 2.24) is 0 Å². The van der Waals surface area contributed by atoms with E-state index in [-0.39, 0.29) is 5.41 Å². The summed E-state index contributed by atoms with van der Waals surface area (Å²) in [4.78, 5) is 11.7. The molecule has 0 radical (unpaired) electrons. The molecule has 0 amide bonds. The van der Waals surface area contributed by atoms with Gasteiger partial charge in [-0.2, -0.15) is 0 Å². The van der Waals surface area contributed by atoms with Crippen molar-refractivity contribution < 1.29 is 4.79 Å². The fraction of sp³-hybridized carbons (Fsp3) is 0.812. The van der Waals surface area contributed by atoms with Gasteiger partial charge in [-0.3, -0.25) is 4.79 Å². The van der Waals surface area contributed by atoms with Crippen molar-refractivity contribution in [2.45, 2.75) is 78.6 Å². The minimum Gasteiger partial charge on any atom is -0.299 e. The highest BCUT2D eigenvalue weighted by atomic mass is 16.1. The van der Waals surface area contributed by atoms with Crippen LogP contribution in [0.2, 0.25) is 0 Å². The van der Waals surface area contributed by atoms with Gasteiger partial charge in [-0.1, -0.05) is 52.9 Å². The number of hydrogen-bond acceptors (Lipinski definition) is 1. The summed E-state index contributed by atoms with van der Waals surface area (Å²) in [5.74, 6) is 3.06. The number of carbonyl (C=O) groups is 1. The standard InChI is InChI=1S/C16H28O/c1-5-6-7-8-9-10-11-12-13-14-15(17)16(2,3)4/h1H,6-14H2,2-4H3. The number of Topliss-reactive ketones (excluding diaryl/α,β-unsaturated/α-hetero) is 1. The quantitative estimate of drug-likeness (QED) is 0.417. The lowest BCUT2D eigenvalue weighted by Gasteiger charge is -2.16. The number of hydrogen-bond donors (Lipinski definition) is 0. The Bertz CT molecular complexity index is 239. The van der Waals surface area contributed by atoms with Crippen molar-refractivity contribution in [3.63, 3.8) is 0 Å². The molecule has 0 rings (SSSR count). The predicted octanol–water partition coefficient (Wildman–Crippen LogP) is 4.75. The zero-order valence-electron chi connectivity index (χ0n) is 11.8. The van der Waals surface area contributed by atoms with Gasteiger partial charge in [0.2, 0.25) is 0 Å². The Kier molecular flexibility index (Phi) is 8.86.